The summed E-state index contributed by atoms with van der Waals surface area (Å²) in [5.41, 5.74) is 6.25. The third kappa shape index (κ3) is 5.95. The highest BCUT2D eigenvalue weighted by molar-refractivity contribution is 6.31. The number of halogens is 2. The summed E-state index contributed by atoms with van der Waals surface area (Å²) in [7, 11) is 0. The molecule has 0 atom stereocenters. The van der Waals surface area contributed by atoms with Crippen molar-refractivity contribution in [3.05, 3.63) is 59.3 Å². The monoisotopic (exact) mass is 496 g/mol. The molecule has 0 radical (unpaired) electrons. The number of ether oxygens (including phenoxy) is 1. The van der Waals surface area contributed by atoms with Crippen molar-refractivity contribution >= 4 is 46.6 Å². The van der Waals surface area contributed by atoms with Gasteiger partial charge < -0.3 is 19.9 Å². The molecule has 0 bridgehead atoms. The van der Waals surface area contributed by atoms with Crippen LogP contribution < -0.4 is 20.5 Å². The van der Waals surface area contributed by atoms with Gasteiger partial charge in [-0.3, -0.25) is 4.98 Å². The standard InChI is InChI=1S/C24H26ClFN8O/c25-17-11-20(13-21(12-17)33-5-1-2-6-33)30-19-4-3-18(27-14-19)15-29-32-24-28-16-22(26)23(31-24)34-7-9-35-10-8-34/h3-4,11-16,30H,1-2,5-10H2,(H,28,31,32)/b29-15+. The molecule has 2 saturated heterocycles. The minimum atomic E-state index is -0.474. The molecule has 9 nitrogen and oxygen atoms in total. The summed E-state index contributed by atoms with van der Waals surface area (Å²) in [5, 5.41) is 8.19. The van der Waals surface area contributed by atoms with Crippen LogP contribution in [0, 0.1) is 5.82 Å². The summed E-state index contributed by atoms with van der Waals surface area (Å²) in [6.07, 6.45) is 6.83. The van der Waals surface area contributed by atoms with Gasteiger partial charge in [-0.25, -0.2) is 14.8 Å². The number of hydrazone groups is 1. The lowest BCUT2D eigenvalue weighted by molar-refractivity contribution is 0.122. The molecule has 182 valence electrons. The smallest absolute Gasteiger partial charge is 0.245 e. The van der Waals surface area contributed by atoms with Crippen LogP contribution in [-0.4, -0.2) is 60.6 Å². The second kappa shape index (κ2) is 10.8. The Morgan fingerprint density at radius 1 is 0.971 bits per heavy atom. The van der Waals surface area contributed by atoms with E-state index >= 15 is 0 Å². The van der Waals surface area contributed by atoms with Gasteiger partial charge in [-0.1, -0.05) is 11.6 Å². The number of aromatic nitrogens is 3. The summed E-state index contributed by atoms with van der Waals surface area (Å²) in [6, 6.07) is 9.75. The second-order valence-corrected chi connectivity index (χ2v) is 8.76. The van der Waals surface area contributed by atoms with Crippen LogP contribution in [0.4, 0.5) is 33.2 Å². The first-order valence-electron chi connectivity index (χ1n) is 11.6. The van der Waals surface area contributed by atoms with Gasteiger partial charge in [-0.15, -0.1) is 0 Å². The molecule has 2 aliphatic rings. The van der Waals surface area contributed by atoms with Crippen molar-refractivity contribution < 1.29 is 9.13 Å². The number of morpholine rings is 1. The summed E-state index contributed by atoms with van der Waals surface area (Å²) in [4.78, 5) is 16.8. The van der Waals surface area contributed by atoms with Crippen LogP contribution in [0.15, 0.2) is 47.8 Å². The van der Waals surface area contributed by atoms with Gasteiger partial charge >= 0.3 is 0 Å². The lowest BCUT2D eigenvalue weighted by Crippen LogP contribution is -2.37. The largest absolute Gasteiger partial charge is 0.378 e. The fourth-order valence-electron chi connectivity index (χ4n) is 4.09. The summed E-state index contributed by atoms with van der Waals surface area (Å²) in [5.74, 6) is -0.0286. The third-order valence-corrected chi connectivity index (χ3v) is 6.04. The van der Waals surface area contributed by atoms with Gasteiger partial charge in [0.05, 0.1) is 43.2 Å². The molecule has 2 fully saturated rings. The van der Waals surface area contributed by atoms with Gasteiger partial charge in [0.1, 0.15) is 0 Å². The summed E-state index contributed by atoms with van der Waals surface area (Å²) < 4.78 is 19.5. The van der Waals surface area contributed by atoms with Gasteiger partial charge in [0.15, 0.2) is 11.6 Å². The highest BCUT2D eigenvalue weighted by Crippen LogP contribution is 2.29. The van der Waals surface area contributed by atoms with Gasteiger partial charge in [0.2, 0.25) is 5.95 Å². The van der Waals surface area contributed by atoms with Crippen molar-refractivity contribution in [2.24, 2.45) is 5.10 Å². The highest BCUT2D eigenvalue weighted by atomic mass is 35.5. The highest BCUT2D eigenvalue weighted by Gasteiger charge is 2.18. The third-order valence-electron chi connectivity index (χ3n) is 5.83. The molecule has 11 heteroatoms. The van der Waals surface area contributed by atoms with Crippen LogP contribution in [0.25, 0.3) is 0 Å². The SMILES string of the molecule is Fc1cnc(N/N=C/c2ccc(Nc3cc(Cl)cc(N4CCCC4)c3)cn2)nc1N1CCOCC1. The number of hydrogen-bond donors (Lipinski definition) is 2. The van der Waals surface area contributed by atoms with Crippen molar-refractivity contribution in [2.45, 2.75) is 12.8 Å². The van der Waals surface area contributed by atoms with E-state index in [0.29, 0.717) is 37.0 Å². The Morgan fingerprint density at radius 2 is 1.80 bits per heavy atom. The lowest BCUT2D eigenvalue weighted by Gasteiger charge is -2.27. The molecule has 0 aliphatic carbocycles. The molecule has 0 saturated carbocycles. The predicted octanol–water partition coefficient (Wildman–Crippen LogP) is 4.29. The maximum Gasteiger partial charge on any atom is 0.245 e. The number of hydrogen-bond acceptors (Lipinski definition) is 9. The van der Waals surface area contributed by atoms with Crippen LogP contribution in [0.2, 0.25) is 5.02 Å². The summed E-state index contributed by atoms with van der Waals surface area (Å²) >= 11 is 6.34. The molecular weight excluding hydrogens is 471 g/mol. The van der Waals surface area contributed by atoms with E-state index in [1.165, 1.54) is 12.8 Å². The molecule has 3 aromatic rings. The number of benzene rings is 1. The first kappa shape index (κ1) is 23.3. The van der Waals surface area contributed by atoms with Gasteiger partial charge in [-0.2, -0.15) is 10.1 Å². The minimum Gasteiger partial charge on any atom is -0.378 e. The number of nitrogens with one attached hydrogen (secondary N) is 2. The molecule has 35 heavy (non-hydrogen) atoms. The molecule has 2 aliphatic heterocycles. The average Bonchev–Trinajstić information content (AvgIpc) is 3.42. The van der Waals surface area contributed by atoms with Gasteiger partial charge in [0.25, 0.3) is 0 Å². The topological polar surface area (TPSA) is 90.8 Å². The number of rotatable bonds is 7. The zero-order chi connectivity index (χ0) is 24.0. The fraction of sp³-hybridized carbons (Fsp3) is 0.333. The van der Waals surface area contributed by atoms with Crippen molar-refractivity contribution in [1.29, 1.82) is 0 Å². The van der Waals surface area contributed by atoms with Crippen LogP contribution in [0.3, 0.4) is 0 Å². The Bertz CT molecular complexity index is 1180. The minimum absolute atomic E-state index is 0.206. The predicted molar refractivity (Wildman–Crippen MR) is 137 cm³/mol. The Hall–Kier alpha value is -3.50. The quantitative estimate of drug-likeness (QED) is 0.370. The number of anilines is 5. The zero-order valence-corrected chi connectivity index (χ0v) is 19.9. The van der Waals surface area contributed by atoms with Crippen molar-refractivity contribution in [1.82, 2.24) is 15.0 Å². The van der Waals surface area contributed by atoms with E-state index in [1.54, 1.807) is 12.4 Å². The van der Waals surface area contributed by atoms with E-state index < -0.39 is 5.82 Å². The molecule has 0 spiro atoms. The Balaban J connectivity index is 1.20. The Morgan fingerprint density at radius 3 is 2.57 bits per heavy atom. The molecular formula is C24H26ClFN8O. The van der Waals surface area contributed by atoms with Gasteiger partial charge in [-0.05, 0) is 43.2 Å². The average molecular weight is 497 g/mol. The van der Waals surface area contributed by atoms with E-state index in [2.05, 4.69) is 41.8 Å². The first-order valence-corrected chi connectivity index (χ1v) is 11.9. The fourth-order valence-corrected chi connectivity index (χ4v) is 4.32. The molecule has 1 aromatic carbocycles. The molecule has 0 unspecified atom stereocenters. The molecule has 2 aromatic heterocycles. The van der Waals surface area contributed by atoms with Crippen LogP contribution in [-0.2, 0) is 4.74 Å². The maximum atomic E-state index is 14.2. The van der Waals surface area contributed by atoms with Crippen molar-refractivity contribution in [3.63, 3.8) is 0 Å². The number of nitrogens with zero attached hydrogens (tertiary/aromatic N) is 6. The Kier molecular flexibility index (Phi) is 7.20. The number of pyridine rings is 1. The van der Waals surface area contributed by atoms with E-state index in [1.807, 2.05) is 29.2 Å². The van der Waals surface area contributed by atoms with E-state index in [4.69, 9.17) is 16.3 Å². The molecule has 0 amide bonds. The van der Waals surface area contributed by atoms with Crippen LogP contribution in [0.5, 0.6) is 0 Å². The van der Waals surface area contributed by atoms with E-state index in [9.17, 15) is 4.39 Å². The Labute approximate surface area is 208 Å². The summed E-state index contributed by atoms with van der Waals surface area (Å²) in [6.45, 7) is 4.35. The van der Waals surface area contributed by atoms with Crippen LogP contribution in [0.1, 0.15) is 18.5 Å². The van der Waals surface area contributed by atoms with E-state index in [0.717, 1.165) is 36.3 Å². The van der Waals surface area contributed by atoms with E-state index in [-0.39, 0.29) is 11.8 Å². The second-order valence-electron chi connectivity index (χ2n) is 8.32. The molecule has 2 N–H and O–H groups in total. The first-order chi connectivity index (χ1) is 17.1. The maximum absolute atomic E-state index is 14.2. The van der Waals surface area contributed by atoms with Crippen LogP contribution >= 0.6 is 11.6 Å². The normalized spacial score (nSPS) is 16.2. The van der Waals surface area contributed by atoms with Crippen molar-refractivity contribution in [2.75, 3.05) is 59.9 Å². The molecule has 5 rings (SSSR count). The van der Waals surface area contributed by atoms with Crippen molar-refractivity contribution in [3.8, 4) is 0 Å². The molecule has 4 heterocycles. The lowest BCUT2D eigenvalue weighted by atomic mass is 10.2. The zero-order valence-electron chi connectivity index (χ0n) is 19.1. The van der Waals surface area contributed by atoms with Gasteiger partial charge in [0, 0.05) is 42.6 Å².